The third-order valence-corrected chi connectivity index (χ3v) is 3.67. The van der Waals surface area contributed by atoms with Gasteiger partial charge >= 0.3 is 0 Å². The van der Waals surface area contributed by atoms with Crippen LogP contribution in [0.15, 0.2) is 30.3 Å². The molecule has 0 bridgehead atoms. The van der Waals surface area contributed by atoms with Crippen molar-refractivity contribution in [2.75, 3.05) is 7.05 Å². The van der Waals surface area contributed by atoms with Crippen LogP contribution in [-0.2, 0) is 6.42 Å². The minimum Gasteiger partial charge on any atom is -0.313 e. The van der Waals surface area contributed by atoms with Crippen LogP contribution in [0.1, 0.15) is 17.2 Å². The van der Waals surface area contributed by atoms with Gasteiger partial charge in [0.1, 0.15) is 5.82 Å². The molecule has 0 amide bonds. The summed E-state index contributed by atoms with van der Waals surface area (Å²) in [6, 6.07) is 5.61. The van der Waals surface area contributed by atoms with Crippen LogP contribution in [0.4, 0.5) is 17.6 Å². The quantitative estimate of drug-likeness (QED) is 0.651. The van der Waals surface area contributed by atoms with Gasteiger partial charge in [0.15, 0.2) is 17.5 Å². The first-order valence-electron chi connectivity index (χ1n) is 6.19. The number of hydrogen-bond donors (Lipinski definition) is 1. The van der Waals surface area contributed by atoms with Crippen LogP contribution in [0.2, 0.25) is 5.02 Å². The molecule has 2 aromatic rings. The Kier molecular flexibility index (Phi) is 4.85. The van der Waals surface area contributed by atoms with Crippen LogP contribution in [-0.4, -0.2) is 7.05 Å². The minimum atomic E-state index is -1.53. The summed E-state index contributed by atoms with van der Waals surface area (Å²) in [6.07, 6.45) is 0.134. The molecule has 1 unspecified atom stereocenters. The van der Waals surface area contributed by atoms with Crippen molar-refractivity contribution in [2.24, 2.45) is 0 Å². The highest BCUT2D eigenvalue weighted by Gasteiger charge is 2.21. The first-order valence-corrected chi connectivity index (χ1v) is 6.57. The monoisotopic (exact) mass is 317 g/mol. The predicted octanol–water partition coefficient (Wildman–Crippen LogP) is 4.40. The fourth-order valence-electron chi connectivity index (χ4n) is 2.10. The van der Waals surface area contributed by atoms with E-state index in [9.17, 15) is 17.6 Å². The van der Waals surface area contributed by atoms with Crippen molar-refractivity contribution in [3.05, 3.63) is 69.8 Å². The second kappa shape index (κ2) is 6.45. The zero-order chi connectivity index (χ0) is 15.6. The van der Waals surface area contributed by atoms with E-state index in [2.05, 4.69) is 5.32 Å². The van der Waals surface area contributed by atoms with Gasteiger partial charge in [-0.2, -0.15) is 0 Å². The Balaban J connectivity index is 2.37. The van der Waals surface area contributed by atoms with Gasteiger partial charge < -0.3 is 5.32 Å². The molecule has 1 nitrogen and oxygen atoms in total. The summed E-state index contributed by atoms with van der Waals surface area (Å²) in [5.74, 6) is -4.63. The smallest absolute Gasteiger partial charge is 0.194 e. The van der Waals surface area contributed by atoms with Crippen LogP contribution in [0, 0.1) is 23.3 Å². The molecule has 2 aromatic carbocycles. The molecule has 1 atom stereocenters. The van der Waals surface area contributed by atoms with E-state index in [-0.39, 0.29) is 17.0 Å². The molecule has 0 aliphatic carbocycles. The first-order chi connectivity index (χ1) is 9.95. The Morgan fingerprint density at radius 2 is 1.71 bits per heavy atom. The number of nitrogens with one attached hydrogen (secondary N) is 1. The lowest BCUT2D eigenvalue weighted by Gasteiger charge is -2.18. The fraction of sp³-hybridized carbons (Fsp3) is 0.200. The fourth-order valence-corrected chi connectivity index (χ4v) is 2.31. The summed E-state index contributed by atoms with van der Waals surface area (Å²) in [6.45, 7) is 0. The Morgan fingerprint density at radius 1 is 1.00 bits per heavy atom. The molecule has 0 aliphatic heterocycles. The zero-order valence-corrected chi connectivity index (χ0v) is 11.8. The van der Waals surface area contributed by atoms with Gasteiger partial charge in [-0.3, -0.25) is 0 Å². The molecule has 0 radical (unpaired) electrons. The van der Waals surface area contributed by atoms with E-state index < -0.39 is 29.3 Å². The normalized spacial score (nSPS) is 12.5. The molecule has 0 aliphatic rings. The van der Waals surface area contributed by atoms with Gasteiger partial charge in [0.2, 0.25) is 0 Å². The molecule has 0 heterocycles. The van der Waals surface area contributed by atoms with Gasteiger partial charge in [-0.15, -0.1) is 0 Å². The third-order valence-electron chi connectivity index (χ3n) is 3.24. The molecule has 0 saturated heterocycles. The Morgan fingerprint density at radius 3 is 2.38 bits per heavy atom. The average Bonchev–Trinajstić information content (AvgIpc) is 2.47. The van der Waals surface area contributed by atoms with Gasteiger partial charge in [0.05, 0.1) is 5.02 Å². The lowest BCUT2D eigenvalue weighted by molar-refractivity contribution is 0.428. The van der Waals surface area contributed by atoms with E-state index >= 15 is 0 Å². The molecule has 21 heavy (non-hydrogen) atoms. The van der Waals surface area contributed by atoms with Crippen LogP contribution in [0.5, 0.6) is 0 Å². The number of likely N-dealkylation sites (N-methyl/N-ethyl adjacent to an activating group) is 1. The van der Waals surface area contributed by atoms with Crippen molar-refractivity contribution in [3.8, 4) is 0 Å². The maximum atomic E-state index is 13.8. The van der Waals surface area contributed by atoms with Crippen molar-refractivity contribution in [3.63, 3.8) is 0 Å². The molecule has 0 spiro atoms. The van der Waals surface area contributed by atoms with E-state index in [0.29, 0.717) is 5.56 Å². The number of hydrogen-bond acceptors (Lipinski definition) is 1. The standard InChI is InChI=1S/C15H12ClF4N/c1-21-12(7-8-3-2-4-10(17)13(8)16)9-5-6-11(18)15(20)14(9)19/h2-6,12,21H,7H2,1H3. The molecule has 0 fully saturated rings. The molecule has 6 heteroatoms. The molecule has 112 valence electrons. The second-order valence-corrected chi connectivity index (χ2v) is 4.90. The number of benzene rings is 2. The van der Waals surface area contributed by atoms with E-state index in [1.54, 1.807) is 13.1 Å². The summed E-state index contributed by atoms with van der Waals surface area (Å²) in [7, 11) is 1.54. The van der Waals surface area contributed by atoms with E-state index in [1.807, 2.05) is 0 Å². The van der Waals surface area contributed by atoms with Crippen LogP contribution in [0.3, 0.4) is 0 Å². The maximum Gasteiger partial charge on any atom is 0.194 e. The molecule has 2 rings (SSSR count). The topological polar surface area (TPSA) is 12.0 Å². The molecule has 1 N–H and O–H groups in total. The summed E-state index contributed by atoms with van der Waals surface area (Å²) in [5.41, 5.74) is 0.400. The zero-order valence-electron chi connectivity index (χ0n) is 11.1. The maximum absolute atomic E-state index is 13.8. The molecular weight excluding hydrogens is 306 g/mol. The summed E-state index contributed by atoms with van der Waals surface area (Å²) in [4.78, 5) is 0. The summed E-state index contributed by atoms with van der Waals surface area (Å²) >= 11 is 5.85. The van der Waals surface area contributed by atoms with Crippen molar-refractivity contribution in [1.29, 1.82) is 0 Å². The van der Waals surface area contributed by atoms with Crippen LogP contribution in [0.25, 0.3) is 0 Å². The van der Waals surface area contributed by atoms with Crippen molar-refractivity contribution < 1.29 is 17.6 Å². The van der Waals surface area contributed by atoms with Crippen LogP contribution >= 0.6 is 11.6 Å². The predicted molar refractivity (Wildman–Crippen MR) is 73.2 cm³/mol. The molecular formula is C15H12ClF4N. The summed E-state index contributed by atoms with van der Waals surface area (Å²) < 4.78 is 53.5. The van der Waals surface area contributed by atoms with E-state index in [0.717, 1.165) is 12.1 Å². The van der Waals surface area contributed by atoms with Crippen molar-refractivity contribution in [1.82, 2.24) is 5.32 Å². The largest absolute Gasteiger partial charge is 0.313 e. The van der Waals surface area contributed by atoms with Gasteiger partial charge in [-0.1, -0.05) is 29.8 Å². The Hall–Kier alpha value is -1.59. The highest BCUT2D eigenvalue weighted by Crippen LogP contribution is 2.28. The van der Waals surface area contributed by atoms with Crippen molar-refractivity contribution in [2.45, 2.75) is 12.5 Å². The van der Waals surface area contributed by atoms with Gasteiger partial charge in [-0.05, 0) is 31.2 Å². The molecule has 0 saturated carbocycles. The van der Waals surface area contributed by atoms with Gasteiger partial charge in [-0.25, -0.2) is 17.6 Å². The average molecular weight is 318 g/mol. The summed E-state index contributed by atoms with van der Waals surface area (Å²) in [5, 5.41) is 2.72. The van der Waals surface area contributed by atoms with Gasteiger partial charge in [0, 0.05) is 11.6 Å². The van der Waals surface area contributed by atoms with E-state index in [4.69, 9.17) is 11.6 Å². The highest BCUT2D eigenvalue weighted by molar-refractivity contribution is 6.31. The molecule has 0 aromatic heterocycles. The number of rotatable bonds is 4. The third kappa shape index (κ3) is 3.19. The Labute approximate surface area is 124 Å². The van der Waals surface area contributed by atoms with E-state index in [1.165, 1.54) is 12.1 Å². The lowest BCUT2D eigenvalue weighted by atomic mass is 9.98. The van der Waals surface area contributed by atoms with Crippen LogP contribution < -0.4 is 5.32 Å². The Bertz CT molecular complexity index is 660. The number of halogens is 5. The SMILES string of the molecule is CNC(Cc1cccc(F)c1Cl)c1ccc(F)c(F)c1F. The van der Waals surface area contributed by atoms with Crippen molar-refractivity contribution >= 4 is 11.6 Å². The first kappa shape index (κ1) is 15.8. The highest BCUT2D eigenvalue weighted by atomic mass is 35.5. The minimum absolute atomic E-state index is 0.0447. The van der Waals surface area contributed by atoms with Gasteiger partial charge in [0.25, 0.3) is 0 Å². The lowest BCUT2D eigenvalue weighted by Crippen LogP contribution is -2.21. The second-order valence-electron chi connectivity index (χ2n) is 4.52.